The predicted molar refractivity (Wildman–Crippen MR) is 73.9 cm³/mol. The first-order valence-corrected chi connectivity index (χ1v) is 6.78. The highest BCUT2D eigenvalue weighted by Gasteiger charge is 2.18. The molecule has 4 nitrogen and oxygen atoms in total. The summed E-state index contributed by atoms with van der Waals surface area (Å²) in [6.07, 6.45) is 0. The molecule has 1 atom stereocenters. The maximum Gasteiger partial charge on any atom is 0.340 e. The van der Waals surface area contributed by atoms with Crippen molar-refractivity contribution in [2.75, 3.05) is 22.6 Å². The standard InChI is InChI=1S/C12H17FN2O2S/c1-3-18-6-7(2)15-9-5-4-8(13)11(14)10(9)12(16)17/h4-5,7,15H,3,6,14H2,1-2H3,(H,16,17). The third kappa shape index (κ3) is 3.53. The molecule has 0 amide bonds. The number of nitrogen functional groups attached to an aromatic ring is 1. The molecular weight excluding hydrogens is 255 g/mol. The number of anilines is 2. The Morgan fingerprint density at radius 2 is 2.28 bits per heavy atom. The number of hydrogen-bond acceptors (Lipinski definition) is 4. The fraction of sp³-hybridized carbons (Fsp3) is 0.417. The van der Waals surface area contributed by atoms with Crippen LogP contribution >= 0.6 is 11.8 Å². The first kappa shape index (κ1) is 14.6. The fourth-order valence-electron chi connectivity index (χ4n) is 1.55. The molecule has 1 unspecified atom stereocenters. The van der Waals surface area contributed by atoms with Crippen molar-refractivity contribution in [3.8, 4) is 0 Å². The van der Waals surface area contributed by atoms with Gasteiger partial charge in [0.15, 0.2) is 0 Å². The number of aromatic carboxylic acids is 1. The van der Waals surface area contributed by atoms with Crippen molar-refractivity contribution in [2.45, 2.75) is 19.9 Å². The van der Waals surface area contributed by atoms with E-state index >= 15 is 0 Å². The minimum Gasteiger partial charge on any atom is -0.478 e. The number of benzene rings is 1. The van der Waals surface area contributed by atoms with Crippen molar-refractivity contribution in [1.82, 2.24) is 0 Å². The SMILES string of the molecule is CCSCC(C)Nc1ccc(F)c(N)c1C(=O)O. The van der Waals surface area contributed by atoms with Gasteiger partial charge in [-0.1, -0.05) is 6.92 Å². The lowest BCUT2D eigenvalue weighted by atomic mass is 10.1. The van der Waals surface area contributed by atoms with Gasteiger partial charge in [0.1, 0.15) is 11.4 Å². The van der Waals surface area contributed by atoms with Gasteiger partial charge in [-0.3, -0.25) is 0 Å². The molecule has 1 aromatic rings. The van der Waals surface area contributed by atoms with Gasteiger partial charge in [0.05, 0.1) is 11.4 Å². The molecule has 0 radical (unpaired) electrons. The van der Waals surface area contributed by atoms with Crippen LogP contribution in [0.1, 0.15) is 24.2 Å². The van der Waals surface area contributed by atoms with Crippen LogP contribution in [0.4, 0.5) is 15.8 Å². The lowest BCUT2D eigenvalue weighted by Crippen LogP contribution is -2.21. The highest BCUT2D eigenvalue weighted by atomic mass is 32.2. The zero-order chi connectivity index (χ0) is 13.7. The number of nitrogens with two attached hydrogens (primary N) is 1. The molecule has 1 aromatic carbocycles. The summed E-state index contributed by atoms with van der Waals surface area (Å²) in [6, 6.07) is 2.66. The van der Waals surface area contributed by atoms with Crippen LogP contribution in [-0.2, 0) is 0 Å². The number of hydrogen-bond donors (Lipinski definition) is 3. The summed E-state index contributed by atoms with van der Waals surface area (Å²) in [6.45, 7) is 3.99. The summed E-state index contributed by atoms with van der Waals surface area (Å²) in [5, 5.41) is 12.1. The molecule has 1 rings (SSSR count). The fourth-order valence-corrected chi connectivity index (χ4v) is 2.22. The van der Waals surface area contributed by atoms with Gasteiger partial charge >= 0.3 is 5.97 Å². The molecule has 4 N–H and O–H groups in total. The Hall–Kier alpha value is -1.43. The molecule has 0 saturated carbocycles. The zero-order valence-corrected chi connectivity index (χ0v) is 11.2. The number of halogens is 1. The minimum atomic E-state index is -1.23. The zero-order valence-electron chi connectivity index (χ0n) is 10.4. The van der Waals surface area contributed by atoms with Gasteiger partial charge in [-0.2, -0.15) is 11.8 Å². The second kappa shape index (κ2) is 6.49. The largest absolute Gasteiger partial charge is 0.478 e. The van der Waals surface area contributed by atoms with Gasteiger partial charge in [0, 0.05) is 11.8 Å². The molecular formula is C12H17FN2O2S. The molecule has 0 aliphatic rings. The Morgan fingerprint density at radius 1 is 1.61 bits per heavy atom. The Balaban J connectivity index is 2.95. The topological polar surface area (TPSA) is 75.3 Å². The third-order valence-corrected chi connectivity index (χ3v) is 3.52. The van der Waals surface area contributed by atoms with Crippen LogP contribution in [0, 0.1) is 5.82 Å². The molecule has 0 spiro atoms. The van der Waals surface area contributed by atoms with Crippen LogP contribution in [0.2, 0.25) is 0 Å². The van der Waals surface area contributed by atoms with Crippen LogP contribution in [0.15, 0.2) is 12.1 Å². The summed E-state index contributed by atoms with van der Waals surface area (Å²) >= 11 is 1.74. The highest BCUT2D eigenvalue weighted by molar-refractivity contribution is 7.99. The quantitative estimate of drug-likeness (QED) is 0.694. The maximum absolute atomic E-state index is 13.2. The number of carbonyl (C=O) groups is 1. The van der Waals surface area contributed by atoms with Gasteiger partial charge in [0.2, 0.25) is 0 Å². The first-order valence-electron chi connectivity index (χ1n) is 5.62. The smallest absolute Gasteiger partial charge is 0.340 e. The molecule has 100 valence electrons. The Labute approximate surface area is 110 Å². The summed E-state index contributed by atoms with van der Waals surface area (Å²) in [7, 11) is 0. The molecule has 0 saturated heterocycles. The lowest BCUT2D eigenvalue weighted by molar-refractivity contribution is 0.0698. The van der Waals surface area contributed by atoms with Gasteiger partial charge in [-0.05, 0) is 24.8 Å². The average molecular weight is 272 g/mol. The summed E-state index contributed by atoms with van der Waals surface area (Å²) < 4.78 is 13.2. The van der Waals surface area contributed by atoms with E-state index in [0.717, 1.165) is 11.5 Å². The Bertz CT molecular complexity index is 440. The monoisotopic (exact) mass is 272 g/mol. The van der Waals surface area contributed by atoms with Crippen LogP contribution in [0.5, 0.6) is 0 Å². The molecule has 0 fully saturated rings. The molecule has 0 aliphatic carbocycles. The number of rotatable bonds is 6. The summed E-state index contributed by atoms with van der Waals surface area (Å²) in [4.78, 5) is 11.1. The van der Waals surface area contributed by atoms with E-state index in [1.54, 1.807) is 11.8 Å². The van der Waals surface area contributed by atoms with Crippen LogP contribution < -0.4 is 11.1 Å². The van der Waals surface area contributed by atoms with E-state index in [4.69, 9.17) is 10.8 Å². The second-order valence-electron chi connectivity index (χ2n) is 3.89. The molecule has 0 aromatic heterocycles. The van der Waals surface area contributed by atoms with Crippen molar-refractivity contribution in [3.63, 3.8) is 0 Å². The molecule has 6 heteroatoms. The average Bonchev–Trinajstić information content (AvgIpc) is 2.31. The predicted octanol–water partition coefficient (Wildman–Crippen LogP) is 2.66. The maximum atomic E-state index is 13.2. The van der Waals surface area contributed by atoms with Gasteiger partial charge in [-0.25, -0.2) is 9.18 Å². The van der Waals surface area contributed by atoms with Crippen molar-refractivity contribution in [2.24, 2.45) is 0 Å². The normalized spacial score (nSPS) is 12.2. The lowest BCUT2D eigenvalue weighted by Gasteiger charge is -2.17. The van der Waals surface area contributed by atoms with E-state index in [-0.39, 0.29) is 17.3 Å². The van der Waals surface area contributed by atoms with E-state index in [0.29, 0.717) is 5.69 Å². The van der Waals surface area contributed by atoms with Gasteiger partial charge in [-0.15, -0.1) is 0 Å². The molecule has 0 heterocycles. The van der Waals surface area contributed by atoms with Gasteiger partial charge < -0.3 is 16.2 Å². The number of nitrogens with one attached hydrogen (secondary N) is 1. The third-order valence-electron chi connectivity index (χ3n) is 2.38. The van der Waals surface area contributed by atoms with Crippen molar-refractivity contribution >= 4 is 29.1 Å². The van der Waals surface area contributed by atoms with Crippen molar-refractivity contribution in [3.05, 3.63) is 23.5 Å². The van der Waals surface area contributed by atoms with E-state index in [2.05, 4.69) is 12.2 Å². The van der Waals surface area contributed by atoms with Crippen molar-refractivity contribution in [1.29, 1.82) is 0 Å². The second-order valence-corrected chi connectivity index (χ2v) is 5.21. The first-order chi connectivity index (χ1) is 8.47. The minimum absolute atomic E-state index is 0.0814. The summed E-state index contributed by atoms with van der Waals surface area (Å²) in [5.41, 5.74) is 5.28. The Morgan fingerprint density at radius 3 is 2.83 bits per heavy atom. The number of thioether (sulfide) groups is 1. The molecule has 18 heavy (non-hydrogen) atoms. The van der Waals surface area contributed by atoms with E-state index in [1.165, 1.54) is 12.1 Å². The van der Waals surface area contributed by atoms with Crippen LogP contribution in [-0.4, -0.2) is 28.6 Å². The van der Waals surface area contributed by atoms with E-state index in [1.807, 2.05) is 6.92 Å². The van der Waals surface area contributed by atoms with Gasteiger partial charge in [0.25, 0.3) is 0 Å². The number of carboxylic acid groups (broad SMARTS) is 1. The Kier molecular flexibility index (Phi) is 5.27. The molecule has 0 bridgehead atoms. The van der Waals surface area contributed by atoms with Crippen molar-refractivity contribution < 1.29 is 14.3 Å². The van der Waals surface area contributed by atoms with E-state index < -0.39 is 11.8 Å². The molecule has 0 aliphatic heterocycles. The summed E-state index contributed by atoms with van der Waals surface area (Å²) in [5.74, 6) is -0.116. The van der Waals surface area contributed by atoms with Crippen LogP contribution in [0.25, 0.3) is 0 Å². The van der Waals surface area contributed by atoms with E-state index in [9.17, 15) is 9.18 Å². The number of carboxylic acids is 1. The highest BCUT2D eigenvalue weighted by Crippen LogP contribution is 2.26. The van der Waals surface area contributed by atoms with Crippen LogP contribution in [0.3, 0.4) is 0 Å².